The van der Waals surface area contributed by atoms with Gasteiger partial charge in [-0.1, -0.05) is 24.3 Å². The van der Waals surface area contributed by atoms with E-state index in [-0.39, 0.29) is 22.0 Å². The quantitative estimate of drug-likeness (QED) is 0.536. The molecule has 0 aliphatic carbocycles. The van der Waals surface area contributed by atoms with E-state index in [2.05, 4.69) is 9.46 Å². The lowest BCUT2D eigenvalue weighted by Crippen LogP contribution is -2.36. The summed E-state index contributed by atoms with van der Waals surface area (Å²) in [4.78, 5) is -0.0821. The summed E-state index contributed by atoms with van der Waals surface area (Å²) in [5.74, 6) is -0.542. The highest BCUT2D eigenvalue weighted by atomic mass is 32.2. The second kappa shape index (κ2) is 8.93. The first kappa shape index (κ1) is 24.0. The first-order valence-electron chi connectivity index (χ1n) is 10.00. The molecule has 0 saturated heterocycles. The van der Waals surface area contributed by atoms with Gasteiger partial charge in [-0.2, -0.15) is 4.31 Å². The van der Waals surface area contributed by atoms with Crippen LogP contribution in [0.1, 0.15) is 11.1 Å². The predicted octanol–water partition coefficient (Wildman–Crippen LogP) is 4.13. The van der Waals surface area contributed by atoms with Crippen LogP contribution in [-0.4, -0.2) is 34.0 Å². The number of alkyl halides is 3. The highest BCUT2D eigenvalue weighted by Crippen LogP contribution is 2.29. The molecule has 12 heteroatoms. The van der Waals surface area contributed by atoms with Gasteiger partial charge in [0.1, 0.15) is 5.75 Å². The molecule has 3 aromatic rings. The van der Waals surface area contributed by atoms with Crippen molar-refractivity contribution in [3.63, 3.8) is 0 Å². The van der Waals surface area contributed by atoms with Gasteiger partial charge in [0.15, 0.2) is 0 Å². The topological polar surface area (TPSA) is 92.8 Å². The van der Waals surface area contributed by atoms with Gasteiger partial charge in [0, 0.05) is 18.8 Å². The van der Waals surface area contributed by atoms with Gasteiger partial charge >= 0.3 is 6.36 Å². The summed E-state index contributed by atoms with van der Waals surface area (Å²) in [5.41, 5.74) is 1.75. The number of benzene rings is 3. The molecule has 0 saturated carbocycles. The van der Waals surface area contributed by atoms with E-state index in [4.69, 9.17) is 0 Å². The van der Waals surface area contributed by atoms with Gasteiger partial charge in [-0.3, -0.25) is 4.72 Å². The van der Waals surface area contributed by atoms with Crippen LogP contribution in [0.25, 0.3) is 0 Å². The zero-order valence-electron chi connectivity index (χ0n) is 17.5. The molecule has 0 radical (unpaired) electrons. The average molecular weight is 513 g/mol. The number of nitrogens with one attached hydrogen (secondary N) is 1. The second-order valence-electron chi connectivity index (χ2n) is 7.51. The molecular weight excluding hydrogens is 493 g/mol. The van der Waals surface area contributed by atoms with Crippen LogP contribution in [-0.2, 0) is 33.0 Å². The Bertz CT molecular complexity index is 1390. The van der Waals surface area contributed by atoms with E-state index in [1.165, 1.54) is 16.4 Å². The van der Waals surface area contributed by atoms with Gasteiger partial charge in [0.2, 0.25) is 10.0 Å². The first-order valence-corrected chi connectivity index (χ1v) is 12.9. The van der Waals surface area contributed by atoms with Crippen LogP contribution in [0.4, 0.5) is 18.9 Å². The van der Waals surface area contributed by atoms with Gasteiger partial charge in [-0.15, -0.1) is 13.2 Å². The monoisotopic (exact) mass is 512 g/mol. The second-order valence-corrected chi connectivity index (χ2v) is 11.1. The maximum Gasteiger partial charge on any atom is 0.573 e. The molecule has 0 aromatic heterocycles. The Morgan fingerprint density at radius 3 is 2.15 bits per heavy atom. The van der Waals surface area contributed by atoms with E-state index in [0.717, 1.165) is 29.8 Å². The summed E-state index contributed by atoms with van der Waals surface area (Å²) in [6.45, 7) is 0.368. The Hall–Kier alpha value is -3.09. The fourth-order valence-corrected chi connectivity index (χ4v) is 6.07. The number of hydrogen-bond donors (Lipinski definition) is 1. The Kier molecular flexibility index (Phi) is 6.32. The molecule has 0 fully saturated rings. The predicted molar refractivity (Wildman–Crippen MR) is 118 cm³/mol. The van der Waals surface area contributed by atoms with Crippen LogP contribution in [0, 0.1) is 0 Å². The van der Waals surface area contributed by atoms with E-state index in [0.29, 0.717) is 18.5 Å². The number of halogens is 3. The maximum absolute atomic E-state index is 12.9. The van der Waals surface area contributed by atoms with Gasteiger partial charge in [0.05, 0.1) is 9.79 Å². The third-order valence-electron chi connectivity index (χ3n) is 5.18. The van der Waals surface area contributed by atoms with Crippen molar-refractivity contribution < 1.29 is 34.7 Å². The zero-order chi connectivity index (χ0) is 24.6. The third-order valence-corrected chi connectivity index (χ3v) is 8.44. The van der Waals surface area contributed by atoms with E-state index in [9.17, 15) is 30.0 Å². The highest BCUT2D eigenvalue weighted by molar-refractivity contribution is 7.92. The lowest BCUT2D eigenvalue weighted by Gasteiger charge is -2.28. The largest absolute Gasteiger partial charge is 0.573 e. The molecule has 4 rings (SSSR count). The van der Waals surface area contributed by atoms with Gasteiger partial charge < -0.3 is 4.74 Å². The number of rotatable bonds is 6. The van der Waals surface area contributed by atoms with Crippen molar-refractivity contribution >= 4 is 25.7 Å². The molecule has 0 unspecified atom stereocenters. The van der Waals surface area contributed by atoms with Crippen LogP contribution in [0.15, 0.2) is 82.6 Å². The van der Waals surface area contributed by atoms with E-state index >= 15 is 0 Å². The minimum absolute atomic E-state index is 0.0750. The Balaban J connectivity index is 1.53. The molecular formula is C22H19F3N2O5S2. The minimum Gasteiger partial charge on any atom is -0.406 e. The Morgan fingerprint density at radius 1 is 0.824 bits per heavy atom. The normalized spacial score (nSPS) is 14.9. The van der Waals surface area contributed by atoms with Crippen molar-refractivity contribution in [1.29, 1.82) is 0 Å². The average Bonchev–Trinajstić information content (AvgIpc) is 2.78. The molecule has 34 heavy (non-hydrogen) atoms. The number of ether oxygens (including phenoxy) is 1. The first-order chi connectivity index (χ1) is 15.9. The van der Waals surface area contributed by atoms with Crippen molar-refractivity contribution in [1.82, 2.24) is 4.31 Å². The van der Waals surface area contributed by atoms with Crippen LogP contribution >= 0.6 is 0 Å². The number of hydrogen-bond acceptors (Lipinski definition) is 5. The lowest BCUT2D eigenvalue weighted by molar-refractivity contribution is -0.274. The van der Waals surface area contributed by atoms with E-state index < -0.39 is 32.2 Å². The fourth-order valence-electron chi connectivity index (χ4n) is 3.58. The Morgan fingerprint density at radius 2 is 1.50 bits per heavy atom. The van der Waals surface area contributed by atoms with Crippen molar-refractivity contribution in [3.05, 3.63) is 83.9 Å². The number of nitrogens with zero attached hydrogens (tertiary/aromatic N) is 1. The molecule has 0 amide bonds. The smallest absolute Gasteiger partial charge is 0.406 e. The van der Waals surface area contributed by atoms with Gasteiger partial charge in [-0.25, -0.2) is 16.8 Å². The SMILES string of the molecule is O=S(=O)(Nc1ccc2c(c1)CN(S(=O)(=O)c1ccccc1)CC2)c1ccc(OC(F)(F)F)cc1. The molecule has 1 aliphatic heterocycles. The van der Waals surface area contributed by atoms with Gasteiger partial charge in [0.25, 0.3) is 10.0 Å². The number of anilines is 1. The van der Waals surface area contributed by atoms with Gasteiger partial charge in [-0.05, 0) is 66.1 Å². The molecule has 0 bridgehead atoms. The molecule has 180 valence electrons. The molecule has 7 nitrogen and oxygen atoms in total. The maximum atomic E-state index is 12.9. The Labute approximate surface area is 194 Å². The molecule has 3 aromatic carbocycles. The lowest BCUT2D eigenvalue weighted by atomic mass is 10.0. The molecule has 1 N–H and O–H groups in total. The van der Waals surface area contributed by atoms with Crippen LogP contribution in [0.3, 0.4) is 0 Å². The zero-order valence-corrected chi connectivity index (χ0v) is 19.1. The molecule has 0 spiro atoms. The summed E-state index contributed by atoms with van der Waals surface area (Å²) in [7, 11) is -7.81. The van der Waals surface area contributed by atoms with Crippen molar-refractivity contribution in [2.75, 3.05) is 11.3 Å². The third kappa shape index (κ3) is 5.34. The van der Waals surface area contributed by atoms with Crippen molar-refractivity contribution in [3.8, 4) is 5.75 Å². The van der Waals surface area contributed by atoms with Crippen LogP contribution in [0.5, 0.6) is 5.75 Å². The minimum atomic E-state index is -4.89. The molecule has 0 atom stereocenters. The summed E-state index contributed by atoms with van der Waals surface area (Å²) in [6.07, 6.45) is -4.42. The molecule has 1 heterocycles. The van der Waals surface area contributed by atoms with Crippen molar-refractivity contribution in [2.45, 2.75) is 29.1 Å². The fraction of sp³-hybridized carbons (Fsp3) is 0.182. The van der Waals surface area contributed by atoms with E-state index in [1.54, 1.807) is 36.4 Å². The highest BCUT2D eigenvalue weighted by Gasteiger charge is 2.31. The molecule has 1 aliphatic rings. The van der Waals surface area contributed by atoms with Crippen molar-refractivity contribution in [2.24, 2.45) is 0 Å². The standard InChI is InChI=1S/C22H19F3N2O5S2/c23-22(24,25)32-19-8-10-20(11-9-19)33(28,29)26-18-7-6-16-12-13-27(15-17(16)14-18)34(30,31)21-4-2-1-3-5-21/h1-11,14,26H,12-13,15H2. The number of fused-ring (bicyclic) bond motifs is 1. The summed E-state index contributed by atoms with van der Waals surface area (Å²) in [5, 5.41) is 0. The van der Waals surface area contributed by atoms with E-state index in [1.807, 2.05) is 0 Å². The number of sulfonamides is 2. The van der Waals surface area contributed by atoms with Crippen LogP contribution < -0.4 is 9.46 Å². The van der Waals surface area contributed by atoms with Crippen LogP contribution in [0.2, 0.25) is 0 Å². The summed E-state index contributed by atoms with van der Waals surface area (Å²) >= 11 is 0. The summed E-state index contributed by atoms with van der Waals surface area (Å²) in [6, 6.07) is 16.7. The summed E-state index contributed by atoms with van der Waals surface area (Å²) < 4.78 is 95.7.